The average molecular weight is 401 g/mol. The first-order chi connectivity index (χ1) is 14.2. The Hall–Kier alpha value is -3.32. The summed E-state index contributed by atoms with van der Waals surface area (Å²) in [5.74, 6) is 0.601. The Morgan fingerprint density at radius 3 is 2.69 bits per heavy atom. The zero-order chi connectivity index (χ0) is 19.8. The Balaban J connectivity index is 1.49. The molecule has 0 unspecified atom stereocenters. The first-order valence-corrected chi connectivity index (χ1v) is 10.0. The zero-order valence-corrected chi connectivity index (χ0v) is 16.4. The van der Waals surface area contributed by atoms with E-state index in [9.17, 15) is 4.79 Å². The number of nitrogens with one attached hydrogen (secondary N) is 2. The molecule has 4 aromatic rings. The van der Waals surface area contributed by atoms with Gasteiger partial charge in [0.05, 0.1) is 23.3 Å². The SMILES string of the molecule is O=C(NCc1n[nH]c(=S)n1C1CC1)c1cc(-c2ccccc2)nc2ccccc12. The summed E-state index contributed by atoms with van der Waals surface area (Å²) < 4.78 is 2.62. The van der Waals surface area contributed by atoms with Crippen LogP contribution in [0.25, 0.3) is 22.2 Å². The van der Waals surface area contributed by atoms with Gasteiger partial charge in [-0.25, -0.2) is 4.98 Å². The Morgan fingerprint density at radius 2 is 1.90 bits per heavy atom. The van der Waals surface area contributed by atoms with Crippen molar-refractivity contribution in [3.05, 3.63) is 76.8 Å². The third-order valence-corrected chi connectivity index (χ3v) is 5.41. The molecule has 2 aromatic heterocycles. The van der Waals surface area contributed by atoms with Crippen molar-refractivity contribution in [2.75, 3.05) is 0 Å². The highest BCUT2D eigenvalue weighted by atomic mass is 32.1. The average Bonchev–Trinajstić information content (AvgIpc) is 3.53. The second-order valence-corrected chi connectivity index (χ2v) is 7.55. The lowest BCUT2D eigenvalue weighted by molar-refractivity contribution is 0.0951. The fraction of sp³-hybridized carbons (Fsp3) is 0.182. The van der Waals surface area contributed by atoms with Crippen LogP contribution < -0.4 is 5.32 Å². The number of fused-ring (bicyclic) bond motifs is 1. The highest BCUT2D eigenvalue weighted by Crippen LogP contribution is 2.35. The number of hydrogen-bond acceptors (Lipinski definition) is 4. The number of para-hydroxylation sites is 1. The number of rotatable bonds is 5. The monoisotopic (exact) mass is 401 g/mol. The molecule has 2 aromatic carbocycles. The quantitative estimate of drug-likeness (QED) is 0.486. The fourth-order valence-electron chi connectivity index (χ4n) is 3.55. The minimum Gasteiger partial charge on any atom is -0.345 e. The minimum atomic E-state index is -0.156. The highest BCUT2D eigenvalue weighted by Gasteiger charge is 2.27. The van der Waals surface area contributed by atoms with E-state index in [2.05, 4.69) is 15.5 Å². The van der Waals surface area contributed by atoms with E-state index in [1.54, 1.807) is 0 Å². The molecule has 2 heterocycles. The van der Waals surface area contributed by atoms with Crippen molar-refractivity contribution in [1.29, 1.82) is 0 Å². The van der Waals surface area contributed by atoms with E-state index in [1.807, 2.05) is 65.2 Å². The number of benzene rings is 2. The minimum absolute atomic E-state index is 0.156. The number of aromatic nitrogens is 4. The number of hydrogen-bond donors (Lipinski definition) is 2. The zero-order valence-electron chi connectivity index (χ0n) is 15.6. The van der Waals surface area contributed by atoms with E-state index in [-0.39, 0.29) is 5.91 Å². The van der Waals surface area contributed by atoms with Crippen LogP contribution in [0.15, 0.2) is 60.7 Å². The number of carbonyl (C=O) groups is 1. The van der Waals surface area contributed by atoms with Gasteiger partial charge in [-0.15, -0.1) is 0 Å². The summed E-state index contributed by atoms with van der Waals surface area (Å²) in [4.78, 5) is 17.8. The van der Waals surface area contributed by atoms with Crippen LogP contribution in [0.3, 0.4) is 0 Å². The number of H-pyrrole nitrogens is 1. The van der Waals surface area contributed by atoms with Crippen LogP contribution in [-0.4, -0.2) is 25.7 Å². The lowest BCUT2D eigenvalue weighted by Gasteiger charge is -2.11. The molecule has 1 saturated carbocycles. The lowest BCUT2D eigenvalue weighted by atomic mass is 10.0. The summed E-state index contributed by atoms with van der Waals surface area (Å²) in [5.41, 5.74) is 3.14. The van der Waals surface area contributed by atoms with E-state index in [0.717, 1.165) is 40.8 Å². The van der Waals surface area contributed by atoms with Gasteiger partial charge < -0.3 is 5.32 Å². The van der Waals surface area contributed by atoms with E-state index in [1.165, 1.54) is 0 Å². The van der Waals surface area contributed by atoms with Crippen molar-refractivity contribution in [2.24, 2.45) is 0 Å². The molecule has 144 valence electrons. The van der Waals surface area contributed by atoms with Crippen molar-refractivity contribution in [3.63, 3.8) is 0 Å². The van der Waals surface area contributed by atoms with E-state index in [0.29, 0.717) is 22.9 Å². The van der Waals surface area contributed by atoms with Crippen molar-refractivity contribution < 1.29 is 4.79 Å². The van der Waals surface area contributed by atoms with Gasteiger partial charge >= 0.3 is 0 Å². The van der Waals surface area contributed by atoms with Crippen LogP contribution in [0, 0.1) is 4.77 Å². The normalized spacial score (nSPS) is 13.5. The molecule has 7 heteroatoms. The van der Waals surface area contributed by atoms with Crippen LogP contribution in [0.2, 0.25) is 0 Å². The molecule has 5 rings (SSSR count). The number of aromatic amines is 1. The van der Waals surface area contributed by atoms with E-state index < -0.39 is 0 Å². The van der Waals surface area contributed by atoms with E-state index >= 15 is 0 Å². The van der Waals surface area contributed by atoms with Crippen LogP contribution in [0.5, 0.6) is 0 Å². The molecule has 0 spiro atoms. The van der Waals surface area contributed by atoms with Gasteiger partial charge in [-0.1, -0.05) is 48.5 Å². The van der Waals surface area contributed by atoms with Crippen molar-refractivity contribution in [1.82, 2.24) is 25.1 Å². The van der Waals surface area contributed by atoms with Gasteiger partial charge in [-0.3, -0.25) is 14.5 Å². The first kappa shape index (κ1) is 17.8. The third-order valence-electron chi connectivity index (χ3n) is 5.13. The Labute approximate surface area is 172 Å². The summed E-state index contributed by atoms with van der Waals surface area (Å²) in [6.45, 7) is 0.319. The summed E-state index contributed by atoms with van der Waals surface area (Å²) >= 11 is 5.32. The van der Waals surface area contributed by atoms with Crippen molar-refractivity contribution in [3.8, 4) is 11.3 Å². The third kappa shape index (κ3) is 3.45. The van der Waals surface area contributed by atoms with Gasteiger partial charge in [0.1, 0.15) is 0 Å². The molecule has 0 bridgehead atoms. The lowest BCUT2D eigenvalue weighted by Crippen LogP contribution is -2.25. The topological polar surface area (TPSA) is 75.6 Å². The fourth-order valence-corrected chi connectivity index (χ4v) is 3.85. The summed E-state index contributed by atoms with van der Waals surface area (Å²) in [5, 5.41) is 11.0. The molecule has 1 amide bonds. The van der Waals surface area contributed by atoms with Crippen molar-refractivity contribution in [2.45, 2.75) is 25.4 Å². The van der Waals surface area contributed by atoms with Gasteiger partial charge in [0, 0.05) is 17.0 Å². The molecule has 1 fully saturated rings. The smallest absolute Gasteiger partial charge is 0.252 e. The maximum Gasteiger partial charge on any atom is 0.252 e. The molecule has 1 aliphatic carbocycles. The van der Waals surface area contributed by atoms with Crippen LogP contribution in [0.4, 0.5) is 0 Å². The van der Waals surface area contributed by atoms with Crippen LogP contribution in [0.1, 0.15) is 35.1 Å². The number of amides is 1. The molecule has 29 heavy (non-hydrogen) atoms. The summed E-state index contributed by atoms with van der Waals surface area (Å²) in [6.07, 6.45) is 2.20. The molecule has 1 aliphatic rings. The largest absolute Gasteiger partial charge is 0.345 e. The van der Waals surface area contributed by atoms with Gasteiger partial charge in [0.15, 0.2) is 10.6 Å². The predicted octanol–water partition coefficient (Wildman–Crippen LogP) is 4.42. The standard InChI is InChI=1S/C22H19N5OS/c28-21(23-13-20-25-26-22(29)27(20)15-10-11-15)17-12-19(14-6-2-1-3-7-14)24-18-9-5-4-8-16(17)18/h1-9,12,15H,10-11,13H2,(H,23,28)(H,26,29). The van der Waals surface area contributed by atoms with Crippen molar-refractivity contribution >= 4 is 29.0 Å². The second kappa shape index (κ2) is 7.25. The van der Waals surface area contributed by atoms with Gasteiger partial charge in [-0.05, 0) is 37.2 Å². The van der Waals surface area contributed by atoms with Crippen LogP contribution >= 0.6 is 12.2 Å². The predicted molar refractivity (Wildman–Crippen MR) is 114 cm³/mol. The second-order valence-electron chi connectivity index (χ2n) is 7.17. The molecular weight excluding hydrogens is 382 g/mol. The molecule has 0 saturated heterocycles. The number of nitrogens with zero attached hydrogens (tertiary/aromatic N) is 3. The molecule has 2 N–H and O–H groups in total. The highest BCUT2D eigenvalue weighted by molar-refractivity contribution is 7.71. The Morgan fingerprint density at radius 1 is 1.14 bits per heavy atom. The van der Waals surface area contributed by atoms with Crippen LogP contribution in [-0.2, 0) is 6.54 Å². The van der Waals surface area contributed by atoms with Gasteiger partial charge in [-0.2, -0.15) is 5.10 Å². The maximum absolute atomic E-state index is 13.1. The molecule has 0 aliphatic heterocycles. The molecular formula is C22H19N5OS. The number of pyridine rings is 1. The molecule has 0 radical (unpaired) electrons. The van der Waals surface area contributed by atoms with Gasteiger partial charge in [0.2, 0.25) is 0 Å². The molecule has 6 nitrogen and oxygen atoms in total. The summed E-state index contributed by atoms with van der Waals surface area (Å²) in [6, 6.07) is 19.8. The maximum atomic E-state index is 13.1. The Bertz CT molecular complexity index is 1260. The first-order valence-electron chi connectivity index (χ1n) is 9.60. The number of carbonyl (C=O) groups excluding carboxylic acids is 1. The molecule has 0 atom stereocenters. The van der Waals surface area contributed by atoms with E-state index in [4.69, 9.17) is 17.2 Å². The van der Waals surface area contributed by atoms with Gasteiger partial charge in [0.25, 0.3) is 5.91 Å². The Kier molecular flexibility index (Phi) is 4.44. The summed E-state index contributed by atoms with van der Waals surface area (Å²) in [7, 11) is 0.